The van der Waals surface area contributed by atoms with Crippen LogP contribution in [0.4, 0.5) is 0 Å². The van der Waals surface area contributed by atoms with Gasteiger partial charge in [0.05, 0.1) is 0 Å². The Bertz CT molecular complexity index is 185. The molecule has 2 N–H and O–H groups in total. The number of nitrogens with zero attached hydrogens (tertiary/aromatic N) is 1. The van der Waals surface area contributed by atoms with E-state index in [2.05, 4.69) is 4.90 Å². The summed E-state index contributed by atoms with van der Waals surface area (Å²) in [5, 5.41) is 0. The van der Waals surface area contributed by atoms with Crippen molar-refractivity contribution in [3.63, 3.8) is 0 Å². The predicted molar refractivity (Wildman–Crippen MR) is 69.5 cm³/mol. The largest absolute Gasteiger partial charge is 0.329 e. The summed E-state index contributed by atoms with van der Waals surface area (Å²) in [7, 11) is 0. The second kappa shape index (κ2) is 6.61. The first kappa shape index (κ1) is 12.4. The van der Waals surface area contributed by atoms with E-state index in [1.54, 1.807) is 0 Å². The fraction of sp³-hybridized carbons (Fsp3) is 1.00. The highest BCUT2D eigenvalue weighted by Crippen LogP contribution is 2.27. The number of nitrogens with two attached hydrogens (primary N) is 1. The van der Waals surface area contributed by atoms with Gasteiger partial charge in [-0.1, -0.05) is 38.5 Å². The van der Waals surface area contributed by atoms with Gasteiger partial charge in [-0.05, 0) is 32.2 Å². The minimum Gasteiger partial charge on any atom is -0.329 e. The van der Waals surface area contributed by atoms with Gasteiger partial charge < -0.3 is 5.73 Å². The summed E-state index contributed by atoms with van der Waals surface area (Å²) in [6, 6.07) is 1.54. The van der Waals surface area contributed by atoms with Gasteiger partial charge in [0.25, 0.3) is 0 Å². The lowest BCUT2D eigenvalue weighted by Gasteiger charge is -2.36. The predicted octanol–water partition coefficient (Wildman–Crippen LogP) is 2.91. The van der Waals surface area contributed by atoms with Gasteiger partial charge in [-0.15, -0.1) is 0 Å². The van der Waals surface area contributed by atoms with Crippen LogP contribution in [-0.4, -0.2) is 30.1 Å². The Morgan fingerprint density at radius 2 is 1.44 bits per heavy atom. The lowest BCUT2D eigenvalue weighted by Crippen LogP contribution is -2.46. The van der Waals surface area contributed by atoms with E-state index in [0.29, 0.717) is 6.04 Å². The minimum atomic E-state index is 0.686. The molecule has 0 amide bonds. The molecule has 1 aliphatic heterocycles. The fourth-order valence-electron chi connectivity index (χ4n) is 3.52. The third-order valence-electron chi connectivity index (χ3n) is 4.49. The van der Waals surface area contributed by atoms with Crippen molar-refractivity contribution in [3.05, 3.63) is 0 Å². The van der Waals surface area contributed by atoms with E-state index in [0.717, 1.165) is 12.6 Å². The van der Waals surface area contributed by atoms with Gasteiger partial charge in [-0.25, -0.2) is 0 Å². The standard InChI is InChI=1S/C14H28N2/c15-12-14-10-6-3-7-11-16(14)13-8-4-1-2-5-9-13/h13-14H,1-12,15H2. The first-order valence-electron chi connectivity index (χ1n) is 7.37. The first-order valence-corrected chi connectivity index (χ1v) is 7.37. The highest BCUT2D eigenvalue weighted by Gasteiger charge is 2.26. The van der Waals surface area contributed by atoms with E-state index in [1.807, 2.05) is 0 Å². The molecule has 16 heavy (non-hydrogen) atoms. The Morgan fingerprint density at radius 3 is 2.12 bits per heavy atom. The Hall–Kier alpha value is -0.0800. The molecule has 1 heterocycles. The summed E-state index contributed by atoms with van der Waals surface area (Å²) in [6.07, 6.45) is 14.2. The average molecular weight is 224 g/mol. The molecule has 0 spiro atoms. The molecule has 2 aliphatic rings. The quantitative estimate of drug-likeness (QED) is 0.731. The molecule has 0 aromatic carbocycles. The molecule has 0 bridgehead atoms. The second-order valence-electron chi connectivity index (χ2n) is 5.62. The van der Waals surface area contributed by atoms with E-state index in [1.165, 1.54) is 70.8 Å². The summed E-state index contributed by atoms with van der Waals surface area (Å²) in [5.74, 6) is 0. The van der Waals surface area contributed by atoms with E-state index in [4.69, 9.17) is 5.73 Å². The Morgan fingerprint density at radius 1 is 0.812 bits per heavy atom. The van der Waals surface area contributed by atoms with Crippen molar-refractivity contribution >= 4 is 0 Å². The summed E-state index contributed by atoms with van der Waals surface area (Å²) in [4.78, 5) is 2.78. The highest BCUT2D eigenvalue weighted by atomic mass is 15.2. The van der Waals surface area contributed by atoms with Crippen molar-refractivity contribution in [2.75, 3.05) is 13.1 Å². The van der Waals surface area contributed by atoms with E-state index in [9.17, 15) is 0 Å². The zero-order valence-corrected chi connectivity index (χ0v) is 10.7. The van der Waals surface area contributed by atoms with Crippen LogP contribution >= 0.6 is 0 Å². The number of likely N-dealkylation sites (tertiary alicyclic amines) is 1. The molecular weight excluding hydrogens is 196 g/mol. The van der Waals surface area contributed by atoms with Crippen molar-refractivity contribution in [1.82, 2.24) is 4.90 Å². The minimum absolute atomic E-state index is 0.686. The van der Waals surface area contributed by atoms with Crippen LogP contribution in [0.25, 0.3) is 0 Å². The Kier molecular flexibility index (Phi) is 5.11. The lowest BCUT2D eigenvalue weighted by molar-refractivity contribution is 0.127. The second-order valence-corrected chi connectivity index (χ2v) is 5.62. The molecule has 2 rings (SSSR count). The monoisotopic (exact) mass is 224 g/mol. The molecular formula is C14H28N2. The smallest absolute Gasteiger partial charge is 0.0221 e. The van der Waals surface area contributed by atoms with E-state index < -0.39 is 0 Å². The van der Waals surface area contributed by atoms with Crippen molar-refractivity contribution in [2.45, 2.75) is 76.3 Å². The maximum atomic E-state index is 5.97. The van der Waals surface area contributed by atoms with Crippen molar-refractivity contribution in [1.29, 1.82) is 0 Å². The van der Waals surface area contributed by atoms with Gasteiger partial charge in [-0.3, -0.25) is 4.90 Å². The zero-order chi connectivity index (χ0) is 11.2. The summed E-state index contributed by atoms with van der Waals surface area (Å²) >= 11 is 0. The summed E-state index contributed by atoms with van der Waals surface area (Å²) in [6.45, 7) is 2.18. The van der Waals surface area contributed by atoms with Crippen LogP contribution in [0, 0.1) is 0 Å². The highest BCUT2D eigenvalue weighted by molar-refractivity contribution is 4.83. The maximum Gasteiger partial charge on any atom is 0.0221 e. The van der Waals surface area contributed by atoms with Gasteiger partial charge >= 0.3 is 0 Å². The van der Waals surface area contributed by atoms with Crippen molar-refractivity contribution in [3.8, 4) is 0 Å². The molecule has 0 aromatic heterocycles. The fourth-order valence-corrected chi connectivity index (χ4v) is 3.52. The van der Waals surface area contributed by atoms with E-state index in [-0.39, 0.29) is 0 Å². The molecule has 1 aliphatic carbocycles. The molecule has 94 valence electrons. The molecule has 1 saturated carbocycles. The normalized spacial score (nSPS) is 30.9. The van der Waals surface area contributed by atoms with Crippen LogP contribution in [0.3, 0.4) is 0 Å². The SMILES string of the molecule is NCC1CCCCCN1C1CCCCCC1. The average Bonchev–Trinajstić information content (AvgIpc) is 2.70. The van der Waals surface area contributed by atoms with Crippen LogP contribution in [0.1, 0.15) is 64.2 Å². The molecule has 0 radical (unpaired) electrons. The summed E-state index contributed by atoms with van der Waals surface area (Å²) in [5.41, 5.74) is 5.97. The summed E-state index contributed by atoms with van der Waals surface area (Å²) < 4.78 is 0. The van der Waals surface area contributed by atoms with Crippen molar-refractivity contribution < 1.29 is 0 Å². The van der Waals surface area contributed by atoms with Gasteiger partial charge in [0, 0.05) is 18.6 Å². The number of hydrogen-bond donors (Lipinski definition) is 1. The van der Waals surface area contributed by atoms with Gasteiger partial charge in [-0.2, -0.15) is 0 Å². The number of hydrogen-bond acceptors (Lipinski definition) is 2. The molecule has 2 fully saturated rings. The molecule has 2 nitrogen and oxygen atoms in total. The Labute approximate surface area is 101 Å². The molecule has 2 heteroatoms. The van der Waals surface area contributed by atoms with Crippen LogP contribution in [0.5, 0.6) is 0 Å². The first-order chi connectivity index (χ1) is 7.92. The van der Waals surface area contributed by atoms with Crippen LogP contribution in [0.15, 0.2) is 0 Å². The maximum absolute atomic E-state index is 5.97. The lowest BCUT2D eigenvalue weighted by atomic mass is 10.0. The van der Waals surface area contributed by atoms with Gasteiger partial charge in [0.2, 0.25) is 0 Å². The zero-order valence-electron chi connectivity index (χ0n) is 10.7. The third-order valence-corrected chi connectivity index (χ3v) is 4.49. The molecule has 1 atom stereocenters. The van der Waals surface area contributed by atoms with Gasteiger partial charge in [0.1, 0.15) is 0 Å². The third kappa shape index (κ3) is 3.21. The van der Waals surface area contributed by atoms with Crippen LogP contribution < -0.4 is 5.73 Å². The van der Waals surface area contributed by atoms with Crippen molar-refractivity contribution in [2.24, 2.45) is 5.73 Å². The topological polar surface area (TPSA) is 29.3 Å². The van der Waals surface area contributed by atoms with Crippen LogP contribution in [-0.2, 0) is 0 Å². The number of rotatable bonds is 2. The Balaban J connectivity index is 1.96. The van der Waals surface area contributed by atoms with E-state index >= 15 is 0 Å². The molecule has 0 aromatic rings. The molecule has 1 saturated heterocycles. The van der Waals surface area contributed by atoms with Gasteiger partial charge in [0.15, 0.2) is 0 Å². The molecule has 1 unspecified atom stereocenters. The van der Waals surface area contributed by atoms with Crippen LogP contribution in [0.2, 0.25) is 0 Å².